The molecular weight excluding hydrogens is 188 g/mol. The molecule has 0 unspecified atom stereocenters. The molecule has 0 aliphatic heterocycles. The number of hydrogen-bond donors (Lipinski definition) is 1. The van der Waals surface area contributed by atoms with E-state index in [2.05, 4.69) is 23.9 Å². The largest absolute Gasteiger partial charge is 0.387 e. The van der Waals surface area contributed by atoms with Gasteiger partial charge in [-0.1, -0.05) is 13.3 Å². The Morgan fingerprint density at radius 2 is 2.20 bits per heavy atom. The first-order chi connectivity index (χ1) is 7.15. The summed E-state index contributed by atoms with van der Waals surface area (Å²) in [6.45, 7) is 4.96. The SMILES string of the molecule is CCCCN(C)c1ccc([C@@H](C)O)nc1. The van der Waals surface area contributed by atoms with Gasteiger partial charge in [0.15, 0.2) is 0 Å². The molecule has 1 aromatic rings. The Bertz CT molecular complexity index is 282. The number of nitrogens with zero attached hydrogens (tertiary/aromatic N) is 2. The van der Waals surface area contributed by atoms with Crippen LogP contribution < -0.4 is 4.90 Å². The fourth-order valence-electron chi connectivity index (χ4n) is 1.39. The predicted molar refractivity (Wildman–Crippen MR) is 63.0 cm³/mol. The maximum absolute atomic E-state index is 9.32. The van der Waals surface area contributed by atoms with E-state index in [1.165, 1.54) is 12.8 Å². The highest BCUT2D eigenvalue weighted by Crippen LogP contribution is 2.15. The van der Waals surface area contributed by atoms with Gasteiger partial charge in [-0.05, 0) is 25.5 Å². The van der Waals surface area contributed by atoms with Crippen LogP contribution in [0, 0.1) is 0 Å². The minimum atomic E-state index is -0.486. The van der Waals surface area contributed by atoms with Crippen molar-refractivity contribution in [1.82, 2.24) is 4.98 Å². The van der Waals surface area contributed by atoms with Gasteiger partial charge in [-0.15, -0.1) is 0 Å². The molecular formula is C12H20N2O. The summed E-state index contributed by atoms with van der Waals surface area (Å²) < 4.78 is 0. The monoisotopic (exact) mass is 208 g/mol. The molecule has 15 heavy (non-hydrogen) atoms. The second-order valence-corrected chi connectivity index (χ2v) is 3.89. The van der Waals surface area contributed by atoms with Crippen molar-refractivity contribution >= 4 is 5.69 Å². The molecule has 1 N–H and O–H groups in total. The van der Waals surface area contributed by atoms with Crippen LogP contribution in [0.5, 0.6) is 0 Å². The molecule has 3 heteroatoms. The summed E-state index contributed by atoms with van der Waals surface area (Å²) in [6.07, 6.45) is 3.72. The van der Waals surface area contributed by atoms with Gasteiger partial charge in [-0.25, -0.2) is 0 Å². The highest BCUT2D eigenvalue weighted by Gasteiger charge is 2.04. The lowest BCUT2D eigenvalue weighted by molar-refractivity contribution is 0.194. The van der Waals surface area contributed by atoms with Crippen LogP contribution >= 0.6 is 0 Å². The van der Waals surface area contributed by atoms with Gasteiger partial charge in [0.2, 0.25) is 0 Å². The molecule has 0 spiro atoms. The Morgan fingerprint density at radius 1 is 1.47 bits per heavy atom. The molecule has 0 fully saturated rings. The Balaban J connectivity index is 2.62. The molecule has 0 radical (unpaired) electrons. The van der Waals surface area contributed by atoms with Gasteiger partial charge in [0.25, 0.3) is 0 Å². The minimum absolute atomic E-state index is 0.486. The predicted octanol–water partition coefficient (Wildman–Crippen LogP) is 2.37. The van der Waals surface area contributed by atoms with Crippen LogP contribution in [0.4, 0.5) is 5.69 Å². The maximum atomic E-state index is 9.32. The number of aliphatic hydroxyl groups excluding tert-OH is 1. The van der Waals surface area contributed by atoms with Gasteiger partial charge >= 0.3 is 0 Å². The Hall–Kier alpha value is -1.09. The maximum Gasteiger partial charge on any atom is 0.0931 e. The summed E-state index contributed by atoms with van der Waals surface area (Å²) in [7, 11) is 2.06. The van der Waals surface area contributed by atoms with E-state index in [1.807, 2.05) is 18.3 Å². The first kappa shape index (κ1) is 12.0. The number of anilines is 1. The molecule has 1 rings (SSSR count). The van der Waals surface area contributed by atoms with Crippen LogP contribution in [0.3, 0.4) is 0 Å². The number of aliphatic hydroxyl groups is 1. The van der Waals surface area contributed by atoms with Crippen molar-refractivity contribution in [2.75, 3.05) is 18.5 Å². The van der Waals surface area contributed by atoms with Crippen LogP contribution in [0.2, 0.25) is 0 Å². The molecule has 1 aromatic heterocycles. The molecule has 1 heterocycles. The first-order valence-electron chi connectivity index (χ1n) is 5.50. The second kappa shape index (κ2) is 5.71. The van der Waals surface area contributed by atoms with E-state index in [0.29, 0.717) is 0 Å². The lowest BCUT2D eigenvalue weighted by Crippen LogP contribution is -2.18. The van der Waals surface area contributed by atoms with Crippen LogP contribution in [-0.4, -0.2) is 23.7 Å². The minimum Gasteiger partial charge on any atom is -0.387 e. The van der Waals surface area contributed by atoms with Gasteiger partial charge in [0.1, 0.15) is 0 Å². The highest BCUT2D eigenvalue weighted by atomic mass is 16.3. The van der Waals surface area contributed by atoms with Crippen LogP contribution in [-0.2, 0) is 0 Å². The third kappa shape index (κ3) is 3.51. The number of hydrogen-bond acceptors (Lipinski definition) is 3. The van der Waals surface area contributed by atoms with Crippen molar-refractivity contribution in [2.24, 2.45) is 0 Å². The molecule has 0 amide bonds. The third-order valence-electron chi connectivity index (χ3n) is 2.49. The third-order valence-corrected chi connectivity index (χ3v) is 2.49. The van der Waals surface area contributed by atoms with Crippen molar-refractivity contribution in [3.8, 4) is 0 Å². The smallest absolute Gasteiger partial charge is 0.0931 e. The second-order valence-electron chi connectivity index (χ2n) is 3.89. The van der Waals surface area contributed by atoms with Gasteiger partial charge in [0.05, 0.1) is 23.7 Å². The molecule has 0 bridgehead atoms. The molecule has 0 aliphatic rings. The van der Waals surface area contributed by atoms with E-state index in [1.54, 1.807) is 6.92 Å². The fourth-order valence-corrected chi connectivity index (χ4v) is 1.39. The van der Waals surface area contributed by atoms with Crippen molar-refractivity contribution in [3.05, 3.63) is 24.0 Å². The average Bonchev–Trinajstić information content (AvgIpc) is 2.26. The number of aromatic nitrogens is 1. The molecule has 0 saturated carbocycles. The van der Waals surface area contributed by atoms with Gasteiger partial charge < -0.3 is 10.0 Å². The zero-order chi connectivity index (χ0) is 11.3. The normalized spacial score (nSPS) is 12.5. The lowest BCUT2D eigenvalue weighted by atomic mass is 10.2. The standard InChI is InChI=1S/C12H20N2O/c1-4-5-8-14(3)11-6-7-12(10(2)15)13-9-11/h6-7,9-10,15H,4-5,8H2,1-3H3/t10-/m1/s1. The van der Waals surface area contributed by atoms with Crippen molar-refractivity contribution in [2.45, 2.75) is 32.8 Å². The molecule has 3 nitrogen and oxygen atoms in total. The zero-order valence-corrected chi connectivity index (χ0v) is 9.77. The molecule has 0 saturated heterocycles. The summed E-state index contributed by atoms with van der Waals surface area (Å²) in [6, 6.07) is 3.88. The number of rotatable bonds is 5. The Labute approximate surface area is 91.8 Å². The Kier molecular flexibility index (Phi) is 4.56. The zero-order valence-electron chi connectivity index (χ0n) is 9.77. The lowest BCUT2D eigenvalue weighted by Gasteiger charge is -2.18. The molecule has 0 aliphatic carbocycles. The number of unbranched alkanes of at least 4 members (excludes halogenated alkanes) is 1. The summed E-state index contributed by atoms with van der Waals surface area (Å²) >= 11 is 0. The number of pyridine rings is 1. The molecule has 0 aromatic carbocycles. The van der Waals surface area contributed by atoms with E-state index in [-0.39, 0.29) is 0 Å². The summed E-state index contributed by atoms with van der Waals surface area (Å²) in [5.41, 5.74) is 1.83. The summed E-state index contributed by atoms with van der Waals surface area (Å²) in [4.78, 5) is 6.40. The summed E-state index contributed by atoms with van der Waals surface area (Å²) in [5, 5.41) is 9.32. The van der Waals surface area contributed by atoms with E-state index < -0.39 is 6.10 Å². The van der Waals surface area contributed by atoms with Crippen molar-refractivity contribution in [1.29, 1.82) is 0 Å². The fraction of sp³-hybridized carbons (Fsp3) is 0.583. The van der Waals surface area contributed by atoms with Crippen LogP contribution in [0.15, 0.2) is 18.3 Å². The van der Waals surface area contributed by atoms with Crippen LogP contribution in [0.1, 0.15) is 38.5 Å². The van der Waals surface area contributed by atoms with E-state index in [0.717, 1.165) is 17.9 Å². The average molecular weight is 208 g/mol. The van der Waals surface area contributed by atoms with Crippen molar-refractivity contribution < 1.29 is 5.11 Å². The topological polar surface area (TPSA) is 36.4 Å². The summed E-state index contributed by atoms with van der Waals surface area (Å²) in [5.74, 6) is 0. The van der Waals surface area contributed by atoms with Crippen LogP contribution in [0.25, 0.3) is 0 Å². The molecule has 1 atom stereocenters. The highest BCUT2D eigenvalue weighted by molar-refractivity contribution is 5.43. The Morgan fingerprint density at radius 3 is 2.67 bits per heavy atom. The quantitative estimate of drug-likeness (QED) is 0.807. The van der Waals surface area contributed by atoms with Crippen molar-refractivity contribution in [3.63, 3.8) is 0 Å². The van der Waals surface area contributed by atoms with Gasteiger partial charge in [0, 0.05) is 13.6 Å². The van der Waals surface area contributed by atoms with Gasteiger partial charge in [-0.3, -0.25) is 4.98 Å². The molecule has 84 valence electrons. The van der Waals surface area contributed by atoms with E-state index >= 15 is 0 Å². The van der Waals surface area contributed by atoms with Gasteiger partial charge in [-0.2, -0.15) is 0 Å². The van der Waals surface area contributed by atoms with E-state index in [4.69, 9.17) is 0 Å². The van der Waals surface area contributed by atoms with E-state index in [9.17, 15) is 5.11 Å². The first-order valence-corrected chi connectivity index (χ1v) is 5.50.